The number of hydrogen-bond acceptors (Lipinski definition) is 6. The molecule has 4 N–H and O–H groups in total. The van der Waals surface area contributed by atoms with Crippen LogP contribution in [0.1, 0.15) is 19.4 Å². The minimum absolute atomic E-state index is 0.116. The molecule has 0 saturated carbocycles. The van der Waals surface area contributed by atoms with Gasteiger partial charge in [0.05, 0.1) is 16.6 Å². The Labute approximate surface area is 203 Å². The molecule has 0 spiro atoms. The summed E-state index contributed by atoms with van der Waals surface area (Å²) in [5.41, 5.74) is 1.88. The minimum Gasteiger partial charge on any atom is -0.508 e. The molecule has 1 heterocycles. The zero-order valence-electron chi connectivity index (χ0n) is 19.4. The monoisotopic (exact) mass is 486 g/mol. The number of anilines is 2. The number of allylic oxidation sites excluding steroid dienone is 1. The largest absolute Gasteiger partial charge is 0.508 e. The fourth-order valence-corrected chi connectivity index (χ4v) is 4.22. The second kappa shape index (κ2) is 12.4. The molecule has 2 unspecified atom stereocenters. The topological polar surface area (TPSA) is 93.7 Å². The van der Waals surface area contributed by atoms with Crippen molar-refractivity contribution in [1.29, 1.82) is 0 Å². The lowest BCUT2D eigenvalue weighted by atomic mass is 10.0. The van der Waals surface area contributed by atoms with E-state index in [0.29, 0.717) is 5.69 Å². The van der Waals surface area contributed by atoms with E-state index in [1.165, 1.54) is 36.0 Å². The van der Waals surface area contributed by atoms with Gasteiger partial charge < -0.3 is 26.0 Å². The summed E-state index contributed by atoms with van der Waals surface area (Å²) in [5.74, 6) is -1.05. The molecule has 34 heavy (non-hydrogen) atoms. The van der Waals surface area contributed by atoms with Crippen LogP contribution in [0.25, 0.3) is 0 Å². The third-order valence-corrected chi connectivity index (χ3v) is 6.52. The van der Waals surface area contributed by atoms with Crippen LogP contribution >= 0.6 is 11.8 Å². The predicted molar refractivity (Wildman–Crippen MR) is 136 cm³/mol. The number of nitrogens with one attached hydrogen (secondary N) is 3. The Morgan fingerprint density at radius 3 is 2.56 bits per heavy atom. The highest BCUT2D eigenvalue weighted by molar-refractivity contribution is 8.03. The van der Waals surface area contributed by atoms with E-state index in [-0.39, 0.29) is 18.1 Å². The van der Waals surface area contributed by atoms with Gasteiger partial charge in [-0.05, 0) is 55.2 Å². The molecule has 0 aliphatic carbocycles. The van der Waals surface area contributed by atoms with Gasteiger partial charge in [0.25, 0.3) is 0 Å². The number of carbonyl (C=O) groups excluding carboxylic acids is 2. The van der Waals surface area contributed by atoms with Gasteiger partial charge >= 0.3 is 0 Å². The van der Waals surface area contributed by atoms with Crippen molar-refractivity contribution in [3.8, 4) is 5.75 Å². The number of carbonyl (C=O) groups is 2. The van der Waals surface area contributed by atoms with Gasteiger partial charge in [-0.15, -0.1) is 11.8 Å². The zero-order chi connectivity index (χ0) is 24.5. The molecule has 2 atom stereocenters. The van der Waals surface area contributed by atoms with E-state index in [2.05, 4.69) is 20.9 Å². The van der Waals surface area contributed by atoms with Gasteiger partial charge in [0, 0.05) is 32.6 Å². The first-order valence-corrected chi connectivity index (χ1v) is 12.2. The lowest BCUT2D eigenvalue weighted by Crippen LogP contribution is -2.48. The Balaban J connectivity index is 1.82. The SMILES string of the molecule is C/C=C\SC(C)C(=O)NC(Cc1ccc(O)cc1)C(=O)Nc1cc(F)ccc1N1CCNCC1. The number of phenols is 1. The highest BCUT2D eigenvalue weighted by atomic mass is 32.2. The Bertz CT molecular complexity index is 1010. The minimum atomic E-state index is -0.884. The predicted octanol–water partition coefficient (Wildman–Crippen LogP) is 3.26. The molecule has 7 nitrogen and oxygen atoms in total. The molecule has 1 aliphatic heterocycles. The van der Waals surface area contributed by atoms with Gasteiger partial charge in [-0.3, -0.25) is 9.59 Å². The van der Waals surface area contributed by atoms with Gasteiger partial charge in [0.2, 0.25) is 11.8 Å². The van der Waals surface area contributed by atoms with Crippen LogP contribution in [0.2, 0.25) is 0 Å². The molecule has 2 aromatic carbocycles. The van der Waals surface area contributed by atoms with Crippen LogP contribution in [0.15, 0.2) is 53.9 Å². The molecule has 1 saturated heterocycles. The number of halogens is 1. The molecule has 2 amide bonds. The molecule has 9 heteroatoms. The van der Waals surface area contributed by atoms with Crippen molar-refractivity contribution in [3.63, 3.8) is 0 Å². The molecule has 2 aromatic rings. The van der Waals surface area contributed by atoms with Crippen LogP contribution in [0, 0.1) is 5.82 Å². The van der Waals surface area contributed by atoms with E-state index >= 15 is 0 Å². The molecule has 1 fully saturated rings. The molecule has 0 aromatic heterocycles. The molecule has 3 rings (SSSR count). The van der Waals surface area contributed by atoms with Crippen LogP contribution in [0.5, 0.6) is 5.75 Å². The fourth-order valence-electron chi connectivity index (χ4n) is 3.63. The van der Waals surface area contributed by atoms with E-state index in [4.69, 9.17) is 0 Å². The Morgan fingerprint density at radius 2 is 1.88 bits per heavy atom. The molecule has 1 aliphatic rings. The second-order valence-electron chi connectivity index (χ2n) is 8.07. The van der Waals surface area contributed by atoms with E-state index in [9.17, 15) is 19.1 Å². The molecule has 0 bridgehead atoms. The lowest BCUT2D eigenvalue weighted by Gasteiger charge is -2.31. The van der Waals surface area contributed by atoms with Crippen molar-refractivity contribution in [3.05, 3.63) is 65.3 Å². The van der Waals surface area contributed by atoms with Crippen molar-refractivity contribution >= 4 is 35.0 Å². The maximum Gasteiger partial charge on any atom is 0.247 e. The third-order valence-electron chi connectivity index (χ3n) is 5.47. The maximum atomic E-state index is 14.1. The maximum absolute atomic E-state index is 14.1. The third kappa shape index (κ3) is 7.23. The summed E-state index contributed by atoms with van der Waals surface area (Å²) in [5, 5.41) is 20.0. The smallest absolute Gasteiger partial charge is 0.247 e. The average molecular weight is 487 g/mol. The van der Waals surface area contributed by atoms with E-state index < -0.39 is 23.0 Å². The fraction of sp³-hybridized carbons (Fsp3) is 0.360. The molecular weight excluding hydrogens is 455 g/mol. The van der Waals surface area contributed by atoms with Crippen molar-refractivity contribution in [1.82, 2.24) is 10.6 Å². The van der Waals surface area contributed by atoms with Gasteiger partial charge in [0.15, 0.2) is 0 Å². The average Bonchev–Trinajstić information content (AvgIpc) is 2.84. The number of thioether (sulfide) groups is 1. The Morgan fingerprint density at radius 1 is 1.18 bits per heavy atom. The number of rotatable bonds is 9. The van der Waals surface area contributed by atoms with Crippen molar-refractivity contribution in [2.75, 3.05) is 36.4 Å². The first-order valence-electron chi connectivity index (χ1n) is 11.3. The quantitative estimate of drug-likeness (QED) is 0.435. The molecular formula is C25H31FN4O3S. The number of benzene rings is 2. The first-order chi connectivity index (χ1) is 16.4. The van der Waals surface area contributed by atoms with Gasteiger partial charge in [-0.2, -0.15) is 0 Å². The van der Waals surface area contributed by atoms with E-state index in [1.807, 2.05) is 18.4 Å². The summed E-state index contributed by atoms with van der Waals surface area (Å²) in [4.78, 5) is 28.2. The summed E-state index contributed by atoms with van der Waals surface area (Å²) in [6.45, 7) is 6.71. The lowest BCUT2D eigenvalue weighted by molar-refractivity contribution is -0.126. The summed E-state index contributed by atoms with van der Waals surface area (Å²) >= 11 is 1.35. The summed E-state index contributed by atoms with van der Waals surface area (Å²) in [7, 11) is 0. The number of amides is 2. The summed E-state index contributed by atoms with van der Waals surface area (Å²) < 4.78 is 14.1. The summed E-state index contributed by atoms with van der Waals surface area (Å²) in [6, 6.07) is 9.94. The van der Waals surface area contributed by atoms with Crippen molar-refractivity contribution in [2.24, 2.45) is 0 Å². The molecule has 0 radical (unpaired) electrons. The number of aromatic hydroxyl groups is 1. The number of piperazine rings is 1. The Hall–Kier alpha value is -3.04. The molecule has 182 valence electrons. The van der Waals surface area contributed by atoms with E-state index in [1.54, 1.807) is 25.1 Å². The van der Waals surface area contributed by atoms with Crippen LogP contribution in [0.4, 0.5) is 15.8 Å². The second-order valence-corrected chi connectivity index (χ2v) is 9.32. The number of nitrogens with zero attached hydrogens (tertiary/aromatic N) is 1. The number of hydrogen-bond donors (Lipinski definition) is 4. The summed E-state index contributed by atoms with van der Waals surface area (Å²) in [6.07, 6.45) is 2.06. The van der Waals surface area contributed by atoms with E-state index in [0.717, 1.165) is 37.4 Å². The first kappa shape index (κ1) is 25.6. The van der Waals surface area contributed by atoms with Gasteiger partial charge in [-0.1, -0.05) is 18.2 Å². The van der Waals surface area contributed by atoms with Crippen LogP contribution < -0.4 is 20.9 Å². The Kier molecular flexibility index (Phi) is 9.35. The normalized spacial score (nSPS) is 15.7. The van der Waals surface area contributed by atoms with Gasteiger partial charge in [-0.25, -0.2) is 4.39 Å². The standard InChI is InChI=1S/C25H31FN4O3S/c1-3-14-34-17(2)24(32)29-22(15-18-4-7-20(31)8-5-18)25(33)28-21-16-19(26)6-9-23(21)30-12-10-27-11-13-30/h3-9,14,16-17,22,27,31H,10-13,15H2,1-2H3,(H,28,33)(H,29,32)/b14-3-. The zero-order valence-corrected chi connectivity index (χ0v) is 20.2. The van der Waals surface area contributed by atoms with Crippen LogP contribution in [-0.4, -0.2) is 54.4 Å². The number of phenolic OH excluding ortho intramolecular Hbond substituents is 1. The van der Waals surface area contributed by atoms with Crippen molar-refractivity contribution in [2.45, 2.75) is 31.6 Å². The van der Waals surface area contributed by atoms with Crippen LogP contribution in [0.3, 0.4) is 0 Å². The van der Waals surface area contributed by atoms with Crippen LogP contribution in [-0.2, 0) is 16.0 Å². The van der Waals surface area contributed by atoms with Gasteiger partial charge in [0.1, 0.15) is 17.6 Å². The van der Waals surface area contributed by atoms with Crippen molar-refractivity contribution < 1.29 is 19.1 Å². The highest BCUT2D eigenvalue weighted by Gasteiger charge is 2.25. The highest BCUT2D eigenvalue weighted by Crippen LogP contribution is 2.28.